The van der Waals surface area contributed by atoms with Crippen molar-refractivity contribution in [1.82, 2.24) is 9.80 Å². The lowest BCUT2D eigenvalue weighted by Crippen LogP contribution is -2.47. The Morgan fingerprint density at radius 1 is 1.04 bits per heavy atom. The predicted molar refractivity (Wildman–Crippen MR) is 88.0 cm³/mol. The Bertz CT molecular complexity index is 539. The van der Waals surface area contributed by atoms with Gasteiger partial charge in [-0.3, -0.25) is 4.90 Å². The van der Waals surface area contributed by atoms with E-state index in [1.807, 2.05) is 18.2 Å². The molecule has 126 valence electrons. The molecule has 1 aromatic carbocycles. The average molecular weight is 318 g/mol. The molecule has 1 atom stereocenters. The molecular formula is C18H26N2O3. The second-order valence-electron chi connectivity index (χ2n) is 6.82. The first-order chi connectivity index (χ1) is 11.3. The third-order valence-corrected chi connectivity index (χ3v) is 5.14. The summed E-state index contributed by atoms with van der Waals surface area (Å²) < 4.78 is 11.1. The second kappa shape index (κ2) is 6.67. The van der Waals surface area contributed by atoms with Crippen LogP contribution in [0.15, 0.2) is 18.2 Å². The minimum Gasteiger partial charge on any atom is -0.486 e. The zero-order chi connectivity index (χ0) is 15.6. The van der Waals surface area contributed by atoms with E-state index >= 15 is 0 Å². The number of fused-ring (bicyclic) bond motifs is 1. The van der Waals surface area contributed by atoms with Gasteiger partial charge in [-0.25, -0.2) is 0 Å². The first-order valence-electron chi connectivity index (χ1n) is 8.83. The molecule has 23 heavy (non-hydrogen) atoms. The molecule has 0 spiro atoms. The van der Waals surface area contributed by atoms with Crippen LogP contribution in [0.25, 0.3) is 0 Å². The van der Waals surface area contributed by atoms with Gasteiger partial charge in [-0.05, 0) is 37.0 Å². The number of nitrogens with zero attached hydrogens (tertiary/aromatic N) is 2. The Balaban J connectivity index is 1.27. The van der Waals surface area contributed by atoms with Gasteiger partial charge in [-0.1, -0.05) is 6.07 Å². The Hall–Kier alpha value is -1.30. The summed E-state index contributed by atoms with van der Waals surface area (Å²) in [6.07, 6.45) is 3.11. The van der Waals surface area contributed by atoms with E-state index < -0.39 is 6.10 Å². The number of hydrogen-bond donors (Lipinski definition) is 1. The molecule has 1 aliphatic carbocycles. The van der Waals surface area contributed by atoms with E-state index in [2.05, 4.69) is 9.80 Å². The number of piperazine rings is 1. The lowest BCUT2D eigenvalue weighted by Gasteiger charge is -2.35. The van der Waals surface area contributed by atoms with Crippen molar-refractivity contribution >= 4 is 0 Å². The van der Waals surface area contributed by atoms with Crippen molar-refractivity contribution in [3.8, 4) is 11.5 Å². The van der Waals surface area contributed by atoms with Crippen molar-refractivity contribution in [2.75, 3.05) is 45.9 Å². The Labute approximate surface area is 137 Å². The van der Waals surface area contributed by atoms with E-state index in [0.29, 0.717) is 13.2 Å². The zero-order valence-corrected chi connectivity index (χ0v) is 13.6. The lowest BCUT2D eigenvalue weighted by molar-refractivity contribution is 0.0987. The van der Waals surface area contributed by atoms with Gasteiger partial charge >= 0.3 is 0 Å². The normalized spacial score (nSPS) is 23.7. The third kappa shape index (κ3) is 3.62. The number of ether oxygens (including phenoxy) is 2. The van der Waals surface area contributed by atoms with Gasteiger partial charge in [-0.15, -0.1) is 0 Å². The summed E-state index contributed by atoms with van der Waals surface area (Å²) >= 11 is 0. The van der Waals surface area contributed by atoms with Crippen molar-refractivity contribution in [1.29, 1.82) is 0 Å². The van der Waals surface area contributed by atoms with Crippen LogP contribution in [0.1, 0.15) is 30.9 Å². The highest BCUT2D eigenvalue weighted by Gasteiger charge is 2.31. The summed E-state index contributed by atoms with van der Waals surface area (Å²) in [6, 6.07) is 6.65. The van der Waals surface area contributed by atoms with Crippen molar-refractivity contribution in [2.24, 2.45) is 0 Å². The van der Waals surface area contributed by atoms with Gasteiger partial charge in [0.1, 0.15) is 13.2 Å². The highest BCUT2D eigenvalue weighted by atomic mass is 16.6. The SMILES string of the molecule is OC(CCN1CCN(C2CC2)CC1)c1ccc2c(c1)OCCO2. The van der Waals surface area contributed by atoms with Crippen molar-refractivity contribution in [3.63, 3.8) is 0 Å². The van der Waals surface area contributed by atoms with E-state index in [9.17, 15) is 5.11 Å². The van der Waals surface area contributed by atoms with Crippen molar-refractivity contribution in [3.05, 3.63) is 23.8 Å². The Kier molecular flexibility index (Phi) is 4.42. The molecule has 3 aliphatic rings. The van der Waals surface area contributed by atoms with Crippen LogP contribution in [-0.4, -0.2) is 66.9 Å². The molecule has 1 N–H and O–H groups in total. The van der Waals surface area contributed by atoms with Gasteiger partial charge in [0.15, 0.2) is 11.5 Å². The molecular weight excluding hydrogens is 292 g/mol. The van der Waals surface area contributed by atoms with Crippen LogP contribution in [0.4, 0.5) is 0 Å². The Morgan fingerprint density at radius 3 is 2.52 bits per heavy atom. The smallest absolute Gasteiger partial charge is 0.161 e. The molecule has 0 bridgehead atoms. The van der Waals surface area contributed by atoms with Gasteiger partial charge < -0.3 is 19.5 Å². The molecule has 1 saturated heterocycles. The second-order valence-corrected chi connectivity index (χ2v) is 6.82. The molecule has 5 heteroatoms. The fourth-order valence-corrected chi connectivity index (χ4v) is 3.53. The van der Waals surface area contributed by atoms with E-state index in [4.69, 9.17) is 9.47 Å². The fourth-order valence-electron chi connectivity index (χ4n) is 3.53. The Morgan fingerprint density at radius 2 is 1.78 bits per heavy atom. The molecule has 1 aromatic rings. The van der Waals surface area contributed by atoms with Crippen molar-refractivity contribution in [2.45, 2.75) is 31.4 Å². The van der Waals surface area contributed by atoms with E-state index in [1.54, 1.807) is 0 Å². The number of hydrogen-bond acceptors (Lipinski definition) is 5. The third-order valence-electron chi connectivity index (χ3n) is 5.14. The largest absolute Gasteiger partial charge is 0.486 e. The highest BCUT2D eigenvalue weighted by Crippen LogP contribution is 2.33. The van der Waals surface area contributed by atoms with Gasteiger partial charge in [0.05, 0.1) is 6.10 Å². The van der Waals surface area contributed by atoms with Crippen LogP contribution < -0.4 is 9.47 Å². The summed E-state index contributed by atoms with van der Waals surface area (Å²) in [4.78, 5) is 5.09. The molecule has 1 unspecified atom stereocenters. The first-order valence-corrected chi connectivity index (χ1v) is 8.83. The number of aliphatic hydroxyl groups excluding tert-OH is 1. The maximum atomic E-state index is 10.5. The molecule has 1 saturated carbocycles. The van der Waals surface area contributed by atoms with E-state index in [0.717, 1.165) is 49.2 Å². The predicted octanol–water partition coefficient (Wildman–Crippen LogP) is 1.66. The molecule has 2 fully saturated rings. The van der Waals surface area contributed by atoms with Crippen LogP contribution in [0, 0.1) is 0 Å². The maximum absolute atomic E-state index is 10.5. The summed E-state index contributed by atoms with van der Waals surface area (Å²) in [6.45, 7) is 6.76. The van der Waals surface area contributed by atoms with Crippen LogP contribution in [-0.2, 0) is 0 Å². The lowest BCUT2D eigenvalue weighted by atomic mass is 10.1. The number of benzene rings is 1. The van der Waals surface area contributed by atoms with Gasteiger partial charge in [0.2, 0.25) is 0 Å². The fraction of sp³-hybridized carbons (Fsp3) is 0.667. The van der Waals surface area contributed by atoms with Crippen LogP contribution in [0.3, 0.4) is 0 Å². The molecule has 0 radical (unpaired) electrons. The standard InChI is InChI=1S/C18H26N2O3/c21-16(14-1-4-17-18(13-14)23-12-11-22-17)5-6-19-7-9-20(10-8-19)15-2-3-15/h1,4,13,15-16,21H,2-3,5-12H2. The van der Waals surface area contributed by atoms with Crippen molar-refractivity contribution < 1.29 is 14.6 Å². The quantitative estimate of drug-likeness (QED) is 0.895. The minimum absolute atomic E-state index is 0.438. The van der Waals surface area contributed by atoms with Gasteiger partial charge in [-0.2, -0.15) is 0 Å². The van der Waals surface area contributed by atoms with E-state index in [-0.39, 0.29) is 0 Å². The molecule has 0 aromatic heterocycles. The summed E-state index contributed by atoms with van der Waals surface area (Å²) in [5.74, 6) is 1.54. The molecule has 4 rings (SSSR count). The zero-order valence-electron chi connectivity index (χ0n) is 13.6. The molecule has 0 amide bonds. The van der Waals surface area contributed by atoms with Crippen LogP contribution in [0.2, 0.25) is 0 Å². The van der Waals surface area contributed by atoms with E-state index in [1.165, 1.54) is 25.9 Å². The topological polar surface area (TPSA) is 45.2 Å². The first kappa shape index (κ1) is 15.2. The summed E-state index contributed by atoms with van der Waals surface area (Å²) in [5, 5.41) is 10.5. The number of rotatable bonds is 5. The van der Waals surface area contributed by atoms with Gasteiger partial charge in [0.25, 0.3) is 0 Å². The van der Waals surface area contributed by atoms with Crippen LogP contribution in [0.5, 0.6) is 11.5 Å². The van der Waals surface area contributed by atoms with Gasteiger partial charge in [0, 0.05) is 38.8 Å². The molecule has 5 nitrogen and oxygen atoms in total. The molecule has 2 aliphatic heterocycles. The van der Waals surface area contributed by atoms with Crippen LogP contribution >= 0.6 is 0 Å². The molecule has 2 heterocycles. The average Bonchev–Trinajstić information content (AvgIpc) is 3.45. The number of aliphatic hydroxyl groups is 1. The monoisotopic (exact) mass is 318 g/mol. The summed E-state index contributed by atoms with van der Waals surface area (Å²) in [5.41, 5.74) is 0.922. The highest BCUT2D eigenvalue weighted by molar-refractivity contribution is 5.44. The summed E-state index contributed by atoms with van der Waals surface area (Å²) in [7, 11) is 0. The maximum Gasteiger partial charge on any atom is 0.161 e. The minimum atomic E-state index is -0.438.